The van der Waals surface area contributed by atoms with Crippen LogP contribution >= 0.6 is 11.6 Å². The summed E-state index contributed by atoms with van der Waals surface area (Å²) in [5, 5.41) is 7.40. The second-order valence-electron chi connectivity index (χ2n) is 4.67. The van der Waals surface area contributed by atoms with Crippen molar-refractivity contribution in [3.63, 3.8) is 0 Å². The monoisotopic (exact) mass is 317 g/mol. The van der Waals surface area contributed by atoms with Crippen molar-refractivity contribution in [1.82, 2.24) is 9.78 Å². The molecule has 7 heteroatoms. The molecular weight excluding hydrogens is 303 g/mol. The smallest absolute Gasteiger partial charge is 0.380 e. The minimum absolute atomic E-state index is 0.0479. The van der Waals surface area contributed by atoms with Crippen LogP contribution in [0.3, 0.4) is 0 Å². The third kappa shape index (κ3) is 3.69. The van der Waals surface area contributed by atoms with Gasteiger partial charge in [-0.15, -0.1) is 0 Å². The second-order valence-corrected chi connectivity index (χ2v) is 5.08. The molecule has 0 saturated carbocycles. The van der Waals surface area contributed by atoms with Gasteiger partial charge < -0.3 is 5.32 Å². The molecule has 0 atom stereocenters. The zero-order chi connectivity index (χ0) is 15.6. The number of aryl methyl sites for hydroxylation is 2. The summed E-state index contributed by atoms with van der Waals surface area (Å²) in [6.45, 7) is 2.46. The molecule has 21 heavy (non-hydrogen) atoms. The van der Waals surface area contributed by atoms with Crippen LogP contribution in [0.4, 0.5) is 18.9 Å². The molecule has 2 rings (SSSR count). The Kier molecular flexibility index (Phi) is 4.46. The van der Waals surface area contributed by atoms with E-state index >= 15 is 0 Å². The Bertz CT molecular complexity index is 635. The third-order valence-corrected chi connectivity index (χ3v) is 3.41. The Morgan fingerprint density at radius 2 is 2.05 bits per heavy atom. The third-order valence-electron chi connectivity index (χ3n) is 3.09. The van der Waals surface area contributed by atoms with E-state index in [0.29, 0.717) is 12.2 Å². The van der Waals surface area contributed by atoms with E-state index in [-0.39, 0.29) is 5.02 Å². The predicted molar refractivity (Wildman–Crippen MR) is 76.4 cm³/mol. The summed E-state index contributed by atoms with van der Waals surface area (Å²) < 4.78 is 39.4. The molecule has 114 valence electrons. The molecule has 0 aliphatic carbocycles. The average Bonchev–Trinajstić information content (AvgIpc) is 2.76. The van der Waals surface area contributed by atoms with E-state index in [0.717, 1.165) is 29.8 Å². The summed E-state index contributed by atoms with van der Waals surface area (Å²) in [5.74, 6) is 0. The van der Waals surface area contributed by atoms with Crippen LogP contribution in [0.5, 0.6) is 0 Å². The van der Waals surface area contributed by atoms with Crippen LogP contribution in [0, 0.1) is 0 Å². The number of anilines is 1. The van der Waals surface area contributed by atoms with E-state index in [4.69, 9.17) is 11.6 Å². The molecule has 0 amide bonds. The standard InChI is InChI=1S/C14H15ClF3N3/c1-3-12-9(8-21(2)20-12)7-19-13-5-4-10(6-11(13)15)14(16,17)18/h4-6,8,19H,3,7H2,1-2H3. The topological polar surface area (TPSA) is 29.9 Å². The number of benzene rings is 1. The van der Waals surface area contributed by atoms with E-state index in [2.05, 4.69) is 10.4 Å². The quantitative estimate of drug-likeness (QED) is 0.912. The van der Waals surface area contributed by atoms with E-state index in [1.165, 1.54) is 6.07 Å². The minimum Gasteiger partial charge on any atom is -0.380 e. The van der Waals surface area contributed by atoms with Gasteiger partial charge in [0.1, 0.15) is 0 Å². The molecule has 0 aliphatic rings. The van der Waals surface area contributed by atoms with Crippen molar-refractivity contribution >= 4 is 17.3 Å². The maximum atomic E-state index is 12.6. The molecule has 0 fully saturated rings. The molecular formula is C14H15ClF3N3. The van der Waals surface area contributed by atoms with Crippen molar-refractivity contribution in [2.75, 3.05) is 5.32 Å². The number of halogens is 4. The SMILES string of the molecule is CCc1nn(C)cc1CNc1ccc(C(F)(F)F)cc1Cl. The first-order valence-electron chi connectivity index (χ1n) is 6.43. The van der Waals surface area contributed by atoms with Crippen LogP contribution < -0.4 is 5.32 Å². The van der Waals surface area contributed by atoms with Gasteiger partial charge in [-0.2, -0.15) is 18.3 Å². The molecule has 0 spiro atoms. The molecule has 0 radical (unpaired) electrons. The van der Waals surface area contributed by atoms with Crippen molar-refractivity contribution in [3.05, 3.63) is 46.2 Å². The first-order valence-corrected chi connectivity index (χ1v) is 6.81. The number of alkyl halides is 3. The molecule has 0 bridgehead atoms. The average molecular weight is 318 g/mol. The van der Waals surface area contributed by atoms with Gasteiger partial charge in [0.05, 0.1) is 22.0 Å². The highest BCUT2D eigenvalue weighted by Crippen LogP contribution is 2.33. The number of hydrogen-bond acceptors (Lipinski definition) is 2. The number of nitrogens with zero attached hydrogens (tertiary/aromatic N) is 2. The fourth-order valence-electron chi connectivity index (χ4n) is 2.05. The fourth-order valence-corrected chi connectivity index (χ4v) is 2.30. The Hall–Kier alpha value is -1.69. The lowest BCUT2D eigenvalue weighted by molar-refractivity contribution is -0.137. The lowest BCUT2D eigenvalue weighted by atomic mass is 10.2. The summed E-state index contributed by atoms with van der Waals surface area (Å²) in [6.07, 6.45) is -1.72. The van der Waals surface area contributed by atoms with E-state index in [1.54, 1.807) is 4.68 Å². The zero-order valence-corrected chi connectivity index (χ0v) is 12.4. The molecule has 1 heterocycles. The Labute approximate surface area is 125 Å². The largest absolute Gasteiger partial charge is 0.416 e. The molecule has 1 aromatic heterocycles. The van der Waals surface area contributed by atoms with Crippen LogP contribution in [0.2, 0.25) is 5.02 Å². The number of nitrogens with one attached hydrogen (secondary N) is 1. The van der Waals surface area contributed by atoms with Crippen molar-refractivity contribution in [3.8, 4) is 0 Å². The van der Waals surface area contributed by atoms with Crippen molar-refractivity contribution in [2.24, 2.45) is 7.05 Å². The maximum absolute atomic E-state index is 12.6. The molecule has 0 unspecified atom stereocenters. The van der Waals surface area contributed by atoms with Gasteiger partial charge in [-0.25, -0.2) is 0 Å². The number of hydrogen-bond donors (Lipinski definition) is 1. The van der Waals surface area contributed by atoms with Crippen LogP contribution in [-0.2, 0) is 26.2 Å². The maximum Gasteiger partial charge on any atom is 0.416 e. The second kappa shape index (κ2) is 5.97. The highest BCUT2D eigenvalue weighted by molar-refractivity contribution is 6.33. The first-order chi connectivity index (χ1) is 9.81. The number of aromatic nitrogens is 2. The summed E-state index contributed by atoms with van der Waals surface area (Å²) in [5.41, 5.74) is 1.66. The zero-order valence-electron chi connectivity index (χ0n) is 11.6. The summed E-state index contributed by atoms with van der Waals surface area (Å²) in [6, 6.07) is 3.28. The highest BCUT2D eigenvalue weighted by Gasteiger charge is 2.30. The van der Waals surface area contributed by atoms with E-state index in [9.17, 15) is 13.2 Å². The minimum atomic E-state index is -4.39. The Morgan fingerprint density at radius 3 is 2.62 bits per heavy atom. The summed E-state index contributed by atoms with van der Waals surface area (Å²) in [7, 11) is 1.83. The van der Waals surface area contributed by atoms with Crippen molar-refractivity contribution in [1.29, 1.82) is 0 Å². The lowest BCUT2D eigenvalue weighted by Crippen LogP contribution is -2.06. The molecule has 2 aromatic rings. The highest BCUT2D eigenvalue weighted by atomic mass is 35.5. The Morgan fingerprint density at radius 1 is 1.33 bits per heavy atom. The fraction of sp³-hybridized carbons (Fsp3) is 0.357. The van der Waals surface area contributed by atoms with E-state index < -0.39 is 11.7 Å². The van der Waals surface area contributed by atoms with Gasteiger partial charge in [0.25, 0.3) is 0 Å². The van der Waals surface area contributed by atoms with Crippen LogP contribution in [0.1, 0.15) is 23.7 Å². The van der Waals surface area contributed by atoms with Gasteiger partial charge in [-0.3, -0.25) is 4.68 Å². The van der Waals surface area contributed by atoms with Crippen molar-refractivity contribution in [2.45, 2.75) is 26.1 Å². The molecule has 1 N–H and O–H groups in total. The van der Waals surface area contributed by atoms with Crippen LogP contribution in [0.25, 0.3) is 0 Å². The summed E-state index contributed by atoms with van der Waals surface area (Å²) in [4.78, 5) is 0. The lowest BCUT2D eigenvalue weighted by Gasteiger charge is -2.11. The molecule has 1 aromatic carbocycles. The van der Waals surface area contributed by atoms with Gasteiger partial charge in [-0.1, -0.05) is 18.5 Å². The summed E-state index contributed by atoms with van der Waals surface area (Å²) >= 11 is 5.90. The van der Waals surface area contributed by atoms with Crippen LogP contribution in [0.15, 0.2) is 24.4 Å². The van der Waals surface area contributed by atoms with Gasteiger partial charge in [-0.05, 0) is 24.6 Å². The predicted octanol–water partition coefficient (Wildman–Crippen LogP) is 4.27. The van der Waals surface area contributed by atoms with E-state index in [1.807, 2.05) is 20.2 Å². The van der Waals surface area contributed by atoms with Gasteiger partial charge >= 0.3 is 6.18 Å². The first kappa shape index (κ1) is 15.7. The van der Waals surface area contributed by atoms with Gasteiger partial charge in [0, 0.05) is 25.4 Å². The van der Waals surface area contributed by atoms with Crippen LogP contribution in [-0.4, -0.2) is 9.78 Å². The Balaban J connectivity index is 2.13. The number of rotatable bonds is 4. The normalized spacial score (nSPS) is 11.7. The van der Waals surface area contributed by atoms with Gasteiger partial charge in [0.2, 0.25) is 0 Å². The molecule has 0 saturated heterocycles. The van der Waals surface area contributed by atoms with Crippen molar-refractivity contribution < 1.29 is 13.2 Å². The molecule has 0 aliphatic heterocycles. The molecule has 3 nitrogen and oxygen atoms in total. The van der Waals surface area contributed by atoms with Gasteiger partial charge in [0.15, 0.2) is 0 Å².